The molecule has 0 aliphatic rings. The van der Waals surface area contributed by atoms with Crippen molar-refractivity contribution in [2.75, 3.05) is 5.32 Å². The van der Waals surface area contributed by atoms with E-state index in [1.807, 2.05) is 6.07 Å². The maximum atomic E-state index is 11.9. The van der Waals surface area contributed by atoms with E-state index < -0.39 is 24.1 Å². The highest BCUT2D eigenvalue weighted by Gasteiger charge is 2.24. The Morgan fingerprint density at radius 1 is 1.00 bits per heavy atom. The van der Waals surface area contributed by atoms with E-state index in [9.17, 15) is 14.7 Å². The summed E-state index contributed by atoms with van der Waals surface area (Å²) >= 11 is 0. The summed E-state index contributed by atoms with van der Waals surface area (Å²) in [5, 5.41) is 12.5. The van der Waals surface area contributed by atoms with Crippen molar-refractivity contribution in [3.8, 4) is 0 Å². The third-order valence-corrected chi connectivity index (χ3v) is 3.04. The maximum absolute atomic E-state index is 11.9. The van der Waals surface area contributed by atoms with E-state index in [0.29, 0.717) is 11.3 Å². The molecule has 0 spiro atoms. The van der Waals surface area contributed by atoms with Gasteiger partial charge < -0.3 is 15.2 Å². The molecule has 0 aliphatic carbocycles. The highest BCUT2D eigenvalue weighted by Crippen LogP contribution is 2.15. The molecule has 2 aromatic carbocycles. The van der Waals surface area contributed by atoms with E-state index in [-0.39, 0.29) is 0 Å². The number of nitrogens with one attached hydrogen (secondary N) is 1. The summed E-state index contributed by atoms with van der Waals surface area (Å²) in [5.41, 5.74) is 1.03. The third kappa shape index (κ3) is 4.17. The summed E-state index contributed by atoms with van der Waals surface area (Å²) in [5.74, 6) is -1.32. The van der Waals surface area contributed by atoms with Crippen molar-refractivity contribution < 1.29 is 19.4 Å². The van der Waals surface area contributed by atoms with Crippen LogP contribution in [0.4, 0.5) is 5.69 Å². The molecule has 0 fully saturated rings. The van der Waals surface area contributed by atoms with Crippen molar-refractivity contribution >= 4 is 17.6 Å². The Balaban J connectivity index is 1.92. The number of hydrogen-bond acceptors (Lipinski definition) is 4. The summed E-state index contributed by atoms with van der Waals surface area (Å²) in [6.45, 7) is 1.45. The lowest BCUT2D eigenvalue weighted by atomic mass is 10.1. The maximum Gasteiger partial charge on any atom is 0.340 e. The average Bonchev–Trinajstić information content (AvgIpc) is 2.55. The Hall–Kier alpha value is -2.66. The Bertz CT molecular complexity index is 628. The summed E-state index contributed by atoms with van der Waals surface area (Å²) in [6.07, 6.45) is -2.42. The van der Waals surface area contributed by atoms with Crippen LogP contribution in [0.15, 0.2) is 60.7 Å². The van der Waals surface area contributed by atoms with Crippen molar-refractivity contribution in [2.24, 2.45) is 0 Å². The molecule has 5 nitrogen and oxygen atoms in total. The normalized spacial score (nSPS) is 13.0. The second kappa shape index (κ2) is 7.38. The topological polar surface area (TPSA) is 75.6 Å². The zero-order valence-corrected chi connectivity index (χ0v) is 12.1. The molecule has 0 heterocycles. The quantitative estimate of drug-likeness (QED) is 0.831. The minimum absolute atomic E-state index is 0.420. The number of anilines is 1. The molecule has 5 heteroatoms. The molecule has 0 aromatic heterocycles. The Morgan fingerprint density at radius 3 is 2.14 bits per heavy atom. The van der Waals surface area contributed by atoms with Gasteiger partial charge in [0.25, 0.3) is 5.91 Å². The molecule has 2 aromatic rings. The first kappa shape index (κ1) is 15.7. The van der Waals surface area contributed by atoms with Crippen LogP contribution < -0.4 is 5.32 Å². The smallest absolute Gasteiger partial charge is 0.340 e. The van der Waals surface area contributed by atoms with E-state index in [1.54, 1.807) is 54.6 Å². The third-order valence-electron chi connectivity index (χ3n) is 3.04. The van der Waals surface area contributed by atoms with Crippen molar-refractivity contribution in [3.63, 3.8) is 0 Å². The first-order valence-electron chi connectivity index (χ1n) is 6.87. The Kier molecular flexibility index (Phi) is 5.27. The largest absolute Gasteiger partial charge is 0.450 e. The molecule has 2 atom stereocenters. The van der Waals surface area contributed by atoms with Crippen LogP contribution in [0.2, 0.25) is 0 Å². The Morgan fingerprint density at radius 2 is 1.55 bits per heavy atom. The Labute approximate surface area is 128 Å². The lowest BCUT2D eigenvalue weighted by molar-refractivity contribution is -0.162. The standard InChI is InChI=1S/C17H17NO4/c1-12(16(20)18-14-10-6-3-7-11-14)22-17(21)15(19)13-8-4-2-5-9-13/h2-12,15,19H,1H3,(H,18,20)/t12-,15-/m1/s1. The molecular weight excluding hydrogens is 282 g/mol. The minimum atomic E-state index is -1.41. The van der Waals surface area contributed by atoms with Gasteiger partial charge in [0.2, 0.25) is 0 Å². The molecule has 0 bridgehead atoms. The number of rotatable bonds is 5. The number of esters is 1. The average molecular weight is 299 g/mol. The van der Waals surface area contributed by atoms with Crippen LogP contribution in [-0.4, -0.2) is 23.1 Å². The van der Waals surface area contributed by atoms with Gasteiger partial charge in [0.15, 0.2) is 12.2 Å². The van der Waals surface area contributed by atoms with Gasteiger partial charge in [0.05, 0.1) is 0 Å². The molecule has 1 amide bonds. The van der Waals surface area contributed by atoms with E-state index >= 15 is 0 Å². The van der Waals surface area contributed by atoms with Crippen molar-refractivity contribution in [1.82, 2.24) is 0 Å². The molecular formula is C17H17NO4. The first-order valence-corrected chi connectivity index (χ1v) is 6.87. The van der Waals surface area contributed by atoms with E-state index in [0.717, 1.165) is 0 Å². The van der Waals surface area contributed by atoms with Crippen LogP contribution in [0.25, 0.3) is 0 Å². The number of aliphatic hydroxyl groups is 1. The minimum Gasteiger partial charge on any atom is -0.450 e. The van der Waals surface area contributed by atoms with Gasteiger partial charge in [-0.3, -0.25) is 4.79 Å². The monoisotopic (exact) mass is 299 g/mol. The zero-order chi connectivity index (χ0) is 15.9. The lowest BCUT2D eigenvalue weighted by Gasteiger charge is -2.16. The van der Waals surface area contributed by atoms with Crippen LogP contribution >= 0.6 is 0 Å². The predicted molar refractivity (Wildman–Crippen MR) is 82.0 cm³/mol. The highest BCUT2D eigenvalue weighted by molar-refractivity contribution is 5.95. The van der Waals surface area contributed by atoms with E-state index in [2.05, 4.69) is 5.32 Å². The van der Waals surface area contributed by atoms with Gasteiger partial charge in [-0.15, -0.1) is 0 Å². The number of benzene rings is 2. The van der Waals surface area contributed by atoms with Crippen LogP contribution in [0.5, 0.6) is 0 Å². The molecule has 0 saturated heterocycles. The van der Waals surface area contributed by atoms with Crippen LogP contribution in [-0.2, 0) is 14.3 Å². The van der Waals surface area contributed by atoms with Gasteiger partial charge in [-0.1, -0.05) is 48.5 Å². The van der Waals surface area contributed by atoms with Gasteiger partial charge in [-0.05, 0) is 24.6 Å². The first-order chi connectivity index (χ1) is 10.6. The lowest BCUT2D eigenvalue weighted by Crippen LogP contribution is -2.31. The predicted octanol–water partition coefficient (Wildman–Crippen LogP) is 2.29. The van der Waals surface area contributed by atoms with Crippen molar-refractivity contribution in [3.05, 3.63) is 66.2 Å². The van der Waals surface area contributed by atoms with Crippen LogP contribution in [0.1, 0.15) is 18.6 Å². The molecule has 114 valence electrons. The number of carbonyl (C=O) groups is 2. The number of ether oxygens (including phenoxy) is 1. The molecule has 2 rings (SSSR count). The van der Waals surface area contributed by atoms with Gasteiger partial charge in [0, 0.05) is 5.69 Å². The van der Waals surface area contributed by atoms with Crippen LogP contribution in [0.3, 0.4) is 0 Å². The summed E-state index contributed by atoms with van der Waals surface area (Å²) in [6, 6.07) is 17.3. The number of amides is 1. The molecule has 0 saturated carbocycles. The number of carbonyl (C=O) groups excluding carboxylic acids is 2. The fraction of sp³-hybridized carbons (Fsp3) is 0.176. The molecule has 0 radical (unpaired) electrons. The second-order valence-corrected chi connectivity index (χ2v) is 4.75. The van der Waals surface area contributed by atoms with Crippen LogP contribution in [0, 0.1) is 0 Å². The molecule has 22 heavy (non-hydrogen) atoms. The van der Waals surface area contributed by atoms with E-state index in [1.165, 1.54) is 6.92 Å². The van der Waals surface area contributed by atoms with Crippen molar-refractivity contribution in [1.29, 1.82) is 0 Å². The summed E-state index contributed by atoms with van der Waals surface area (Å²) in [4.78, 5) is 23.8. The van der Waals surface area contributed by atoms with Gasteiger partial charge in [-0.2, -0.15) is 0 Å². The van der Waals surface area contributed by atoms with E-state index in [4.69, 9.17) is 4.74 Å². The van der Waals surface area contributed by atoms with Gasteiger partial charge in [0.1, 0.15) is 0 Å². The summed E-state index contributed by atoms with van der Waals surface area (Å²) in [7, 11) is 0. The van der Waals surface area contributed by atoms with Gasteiger partial charge >= 0.3 is 5.97 Å². The number of hydrogen-bond donors (Lipinski definition) is 2. The molecule has 2 N–H and O–H groups in total. The molecule has 0 aliphatic heterocycles. The molecule has 0 unspecified atom stereocenters. The number of aliphatic hydroxyl groups excluding tert-OH is 1. The van der Waals surface area contributed by atoms with Gasteiger partial charge in [-0.25, -0.2) is 4.79 Å². The fourth-order valence-corrected chi connectivity index (χ4v) is 1.83. The SMILES string of the molecule is C[C@@H](OC(=O)[C@H](O)c1ccccc1)C(=O)Nc1ccccc1. The zero-order valence-electron chi connectivity index (χ0n) is 12.1. The fourth-order valence-electron chi connectivity index (χ4n) is 1.83. The highest BCUT2D eigenvalue weighted by atomic mass is 16.6. The number of para-hydroxylation sites is 1. The van der Waals surface area contributed by atoms with Crippen molar-refractivity contribution in [2.45, 2.75) is 19.1 Å². The summed E-state index contributed by atoms with van der Waals surface area (Å²) < 4.78 is 5.00. The second-order valence-electron chi connectivity index (χ2n) is 4.75.